The van der Waals surface area contributed by atoms with Gasteiger partial charge in [-0.2, -0.15) is 0 Å². The zero-order valence-electron chi connectivity index (χ0n) is 19.3. The van der Waals surface area contributed by atoms with E-state index in [1.807, 2.05) is 78.9 Å². The first-order valence-corrected chi connectivity index (χ1v) is 11.8. The van der Waals surface area contributed by atoms with E-state index in [0.717, 1.165) is 67.3 Å². The molecule has 5 nitrogen and oxygen atoms in total. The summed E-state index contributed by atoms with van der Waals surface area (Å²) in [5.74, 6) is 2.52. The standard InChI is InChI=1S/C28H31NO4.ClH/c30-28(22-8-3-1-4-9-22,23-10-5-2-6-11-23)24-14-17-29(18-15-24)16-7-19-31-25-12-13-26-27(20-25)33-21-32-26;/h1-6,8-13,20,24,30H,7,14-19,21H2;1H. The van der Waals surface area contributed by atoms with E-state index in [0.29, 0.717) is 6.61 Å². The SMILES string of the molecule is Cl.OC(c1ccccc1)(c1ccccc1)C1CCN(CCCOc2ccc3c(c2)OCO3)CC1. The maximum absolute atomic E-state index is 12.0. The van der Waals surface area contributed by atoms with Crippen LogP contribution in [0.2, 0.25) is 0 Å². The highest BCUT2D eigenvalue weighted by atomic mass is 35.5. The van der Waals surface area contributed by atoms with E-state index < -0.39 is 5.60 Å². The van der Waals surface area contributed by atoms with E-state index >= 15 is 0 Å². The summed E-state index contributed by atoms with van der Waals surface area (Å²) in [6.07, 6.45) is 2.88. The van der Waals surface area contributed by atoms with Crippen LogP contribution in [0.15, 0.2) is 78.9 Å². The number of aliphatic hydroxyl groups is 1. The number of fused-ring (bicyclic) bond motifs is 1. The number of rotatable bonds is 8. The predicted octanol–water partition coefficient (Wildman–Crippen LogP) is 5.25. The molecule has 0 amide bonds. The summed E-state index contributed by atoms with van der Waals surface area (Å²) in [7, 11) is 0. The minimum Gasteiger partial charge on any atom is -0.493 e. The quantitative estimate of drug-likeness (QED) is 0.445. The molecule has 2 heterocycles. The van der Waals surface area contributed by atoms with Gasteiger partial charge in [0.1, 0.15) is 11.4 Å². The Morgan fingerprint density at radius 2 is 1.47 bits per heavy atom. The predicted molar refractivity (Wildman–Crippen MR) is 135 cm³/mol. The van der Waals surface area contributed by atoms with Gasteiger partial charge in [-0.1, -0.05) is 60.7 Å². The molecule has 0 saturated carbocycles. The summed E-state index contributed by atoms with van der Waals surface area (Å²) in [6, 6.07) is 26.0. The van der Waals surface area contributed by atoms with Gasteiger partial charge in [-0.15, -0.1) is 12.4 Å². The van der Waals surface area contributed by atoms with Crippen molar-refractivity contribution in [2.75, 3.05) is 33.0 Å². The van der Waals surface area contributed by atoms with Crippen molar-refractivity contribution in [3.8, 4) is 17.2 Å². The van der Waals surface area contributed by atoms with Gasteiger partial charge in [0.25, 0.3) is 0 Å². The van der Waals surface area contributed by atoms with Crippen LogP contribution in [0.5, 0.6) is 17.2 Å². The molecule has 1 saturated heterocycles. The minimum atomic E-state index is -0.961. The smallest absolute Gasteiger partial charge is 0.231 e. The van der Waals surface area contributed by atoms with Gasteiger partial charge >= 0.3 is 0 Å². The van der Waals surface area contributed by atoms with E-state index in [1.54, 1.807) is 0 Å². The van der Waals surface area contributed by atoms with Gasteiger partial charge in [-0.25, -0.2) is 0 Å². The zero-order chi connectivity index (χ0) is 22.5. The van der Waals surface area contributed by atoms with Crippen LogP contribution in [0.1, 0.15) is 30.4 Å². The van der Waals surface area contributed by atoms with E-state index in [2.05, 4.69) is 4.90 Å². The lowest BCUT2D eigenvalue weighted by Crippen LogP contribution is -2.44. The third-order valence-electron chi connectivity index (χ3n) is 6.84. The topological polar surface area (TPSA) is 51.2 Å². The van der Waals surface area contributed by atoms with Gasteiger partial charge in [0.2, 0.25) is 6.79 Å². The fourth-order valence-corrected chi connectivity index (χ4v) is 5.04. The average molecular weight is 482 g/mol. The number of hydrogen-bond donors (Lipinski definition) is 1. The molecule has 1 fully saturated rings. The Bertz CT molecular complexity index is 999. The molecule has 0 aromatic heterocycles. The van der Waals surface area contributed by atoms with Gasteiger partial charge in [0.15, 0.2) is 11.5 Å². The summed E-state index contributed by atoms with van der Waals surface area (Å²) in [4.78, 5) is 2.48. The fraction of sp³-hybridized carbons (Fsp3) is 0.357. The van der Waals surface area contributed by atoms with Crippen LogP contribution in [0.4, 0.5) is 0 Å². The maximum Gasteiger partial charge on any atom is 0.231 e. The van der Waals surface area contributed by atoms with Crippen molar-refractivity contribution < 1.29 is 19.3 Å². The Kier molecular flexibility index (Phi) is 7.99. The second kappa shape index (κ2) is 11.1. The number of likely N-dealkylation sites (tertiary alicyclic amines) is 1. The molecule has 0 atom stereocenters. The highest BCUT2D eigenvalue weighted by Crippen LogP contribution is 2.42. The maximum atomic E-state index is 12.0. The molecule has 34 heavy (non-hydrogen) atoms. The van der Waals surface area contributed by atoms with Gasteiger partial charge in [-0.05, 0) is 61.5 Å². The Morgan fingerprint density at radius 3 is 2.12 bits per heavy atom. The monoisotopic (exact) mass is 481 g/mol. The number of hydrogen-bond acceptors (Lipinski definition) is 5. The molecule has 5 rings (SSSR count). The van der Waals surface area contributed by atoms with Crippen molar-refractivity contribution in [1.82, 2.24) is 4.90 Å². The normalized spacial score (nSPS) is 16.1. The van der Waals surface area contributed by atoms with Crippen molar-refractivity contribution in [2.45, 2.75) is 24.9 Å². The zero-order valence-corrected chi connectivity index (χ0v) is 20.1. The number of benzene rings is 3. The lowest BCUT2D eigenvalue weighted by atomic mass is 9.72. The molecule has 3 aromatic rings. The summed E-state index contributed by atoms with van der Waals surface area (Å²) in [6.45, 7) is 3.90. The van der Waals surface area contributed by atoms with Crippen molar-refractivity contribution >= 4 is 12.4 Å². The first-order chi connectivity index (χ1) is 16.2. The van der Waals surface area contributed by atoms with Crippen LogP contribution in [-0.4, -0.2) is 43.0 Å². The lowest BCUT2D eigenvalue weighted by molar-refractivity contribution is -0.0146. The van der Waals surface area contributed by atoms with Crippen molar-refractivity contribution in [1.29, 1.82) is 0 Å². The summed E-state index contributed by atoms with van der Waals surface area (Å²) in [5, 5.41) is 12.0. The second-order valence-electron chi connectivity index (χ2n) is 8.83. The Hall–Kier alpha value is -2.73. The third kappa shape index (κ3) is 5.17. The van der Waals surface area contributed by atoms with E-state index in [1.165, 1.54) is 0 Å². The summed E-state index contributed by atoms with van der Waals surface area (Å²) >= 11 is 0. The highest BCUT2D eigenvalue weighted by Gasteiger charge is 2.41. The average Bonchev–Trinajstić information content (AvgIpc) is 3.36. The van der Waals surface area contributed by atoms with Crippen molar-refractivity contribution in [3.63, 3.8) is 0 Å². The Balaban J connectivity index is 0.00000274. The first kappa shape index (κ1) is 24.4. The van der Waals surface area contributed by atoms with E-state index in [9.17, 15) is 5.11 Å². The van der Waals surface area contributed by atoms with Crippen molar-refractivity contribution in [3.05, 3.63) is 90.0 Å². The van der Waals surface area contributed by atoms with Crippen LogP contribution in [-0.2, 0) is 5.60 Å². The van der Waals surface area contributed by atoms with Gasteiger partial charge in [-0.3, -0.25) is 0 Å². The van der Waals surface area contributed by atoms with Crippen LogP contribution >= 0.6 is 12.4 Å². The van der Waals surface area contributed by atoms with Gasteiger partial charge in [0, 0.05) is 12.6 Å². The highest BCUT2D eigenvalue weighted by molar-refractivity contribution is 5.85. The number of nitrogens with zero attached hydrogens (tertiary/aromatic N) is 1. The number of ether oxygens (including phenoxy) is 3. The summed E-state index contributed by atoms with van der Waals surface area (Å²) in [5.41, 5.74) is 0.996. The Labute approximate surface area is 207 Å². The molecule has 0 radical (unpaired) electrons. The largest absolute Gasteiger partial charge is 0.493 e. The minimum absolute atomic E-state index is 0. The van der Waals surface area contributed by atoms with Crippen LogP contribution in [0.25, 0.3) is 0 Å². The molecule has 1 N–H and O–H groups in total. The molecule has 0 unspecified atom stereocenters. The van der Waals surface area contributed by atoms with Crippen LogP contribution < -0.4 is 14.2 Å². The molecule has 3 aromatic carbocycles. The van der Waals surface area contributed by atoms with Gasteiger partial charge < -0.3 is 24.2 Å². The molecule has 6 heteroatoms. The second-order valence-corrected chi connectivity index (χ2v) is 8.83. The van der Waals surface area contributed by atoms with E-state index in [4.69, 9.17) is 14.2 Å². The molecule has 0 bridgehead atoms. The molecular weight excluding hydrogens is 450 g/mol. The van der Waals surface area contributed by atoms with Crippen molar-refractivity contribution in [2.24, 2.45) is 5.92 Å². The van der Waals surface area contributed by atoms with E-state index in [-0.39, 0.29) is 25.1 Å². The lowest BCUT2D eigenvalue weighted by Gasteiger charge is -2.42. The van der Waals surface area contributed by atoms with Gasteiger partial charge in [0.05, 0.1) is 6.61 Å². The molecular formula is C28H32ClNO4. The number of halogens is 1. The molecule has 0 aliphatic carbocycles. The Morgan fingerprint density at radius 1 is 0.853 bits per heavy atom. The fourth-order valence-electron chi connectivity index (χ4n) is 5.04. The van der Waals surface area contributed by atoms with Crippen LogP contribution in [0.3, 0.4) is 0 Å². The number of piperidine rings is 1. The molecule has 2 aliphatic heterocycles. The summed E-state index contributed by atoms with van der Waals surface area (Å²) < 4.78 is 16.7. The van der Waals surface area contributed by atoms with Crippen LogP contribution in [0, 0.1) is 5.92 Å². The first-order valence-electron chi connectivity index (χ1n) is 11.8. The molecule has 180 valence electrons. The molecule has 2 aliphatic rings. The third-order valence-corrected chi connectivity index (χ3v) is 6.84. The molecule has 0 spiro atoms.